The minimum absolute atomic E-state index is 0.0210. The molecule has 0 fully saturated rings. The average Bonchev–Trinajstić information content (AvgIpc) is 3.47. The van der Waals surface area contributed by atoms with E-state index in [0.29, 0.717) is 35.8 Å². The Labute approximate surface area is 247 Å². The van der Waals surface area contributed by atoms with Gasteiger partial charge in [0.15, 0.2) is 22.3 Å². The second-order valence-electron chi connectivity index (χ2n) is 8.45. The Balaban J connectivity index is 1.68. The zero-order valence-corrected chi connectivity index (χ0v) is 23.8. The number of benzene rings is 1. The third-order valence-electron chi connectivity index (χ3n) is 5.44. The first kappa shape index (κ1) is 30.9. The summed E-state index contributed by atoms with van der Waals surface area (Å²) >= 11 is 1.15. The summed E-state index contributed by atoms with van der Waals surface area (Å²) in [5.74, 6) is -0.522. The summed E-state index contributed by atoms with van der Waals surface area (Å²) in [7, 11) is 4.41. The van der Waals surface area contributed by atoms with Gasteiger partial charge < -0.3 is 45.5 Å². The molecule has 4 aromatic rings. The molecule has 2 amide bonds. The number of para-hydroxylation sites is 1. The van der Waals surface area contributed by atoms with Crippen LogP contribution in [-0.4, -0.2) is 92.9 Å². The summed E-state index contributed by atoms with van der Waals surface area (Å²) < 4.78 is 15.6. The highest BCUT2D eigenvalue weighted by atomic mass is 32.1. The van der Waals surface area contributed by atoms with Gasteiger partial charge >= 0.3 is 6.10 Å². The van der Waals surface area contributed by atoms with Gasteiger partial charge in [0.25, 0.3) is 11.8 Å². The van der Waals surface area contributed by atoms with Crippen molar-refractivity contribution in [3.8, 4) is 22.9 Å². The normalized spacial score (nSPS) is 11.0. The van der Waals surface area contributed by atoms with E-state index in [1.165, 1.54) is 39.8 Å². The Morgan fingerprint density at radius 3 is 2.44 bits per heavy atom. The third-order valence-corrected chi connectivity index (χ3v) is 6.28. The van der Waals surface area contributed by atoms with Crippen molar-refractivity contribution in [2.24, 2.45) is 0 Å². The monoisotopic (exact) mass is 613 g/mol. The Kier molecular flexibility index (Phi) is 9.91. The van der Waals surface area contributed by atoms with E-state index >= 15 is 0 Å². The van der Waals surface area contributed by atoms with E-state index < -0.39 is 17.7 Å². The number of thiazole rings is 1. The van der Waals surface area contributed by atoms with Crippen molar-refractivity contribution >= 4 is 46.2 Å². The topological polar surface area (TPSA) is 235 Å². The lowest BCUT2D eigenvalue weighted by atomic mass is 10.1. The fraction of sp³-hybridized carbons (Fsp3) is 0.240. The van der Waals surface area contributed by atoms with Gasteiger partial charge in [0.05, 0.1) is 50.3 Å². The number of methoxy groups -OCH3 is 3. The molecule has 0 radical (unpaired) electrons. The van der Waals surface area contributed by atoms with Crippen molar-refractivity contribution in [3.05, 3.63) is 52.7 Å². The van der Waals surface area contributed by atoms with E-state index in [0.717, 1.165) is 11.3 Å². The number of carbonyl (C=O) groups excluding carboxylic acids is 2. The maximum Gasteiger partial charge on any atom is 0.369 e. The van der Waals surface area contributed by atoms with E-state index in [9.17, 15) is 24.9 Å². The van der Waals surface area contributed by atoms with E-state index in [1.54, 1.807) is 28.9 Å². The van der Waals surface area contributed by atoms with E-state index in [-0.39, 0.29) is 34.1 Å². The number of nitrogens with one attached hydrogen (secondary N) is 4. The number of hydrogen-bond acceptors (Lipinski definition) is 16. The van der Waals surface area contributed by atoms with Crippen LogP contribution < -0.4 is 30.7 Å². The lowest BCUT2D eigenvalue weighted by molar-refractivity contribution is -0.323. The number of nitrogens with zero attached hydrogens (tertiary/aromatic N) is 5. The molecule has 43 heavy (non-hydrogen) atoms. The zero-order valence-electron chi connectivity index (χ0n) is 23.0. The largest absolute Gasteiger partial charge is 0.494 e. The molecular formula is C25H27N9O8S. The van der Waals surface area contributed by atoms with Crippen LogP contribution in [0.2, 0.25) is 0 Å². The van der Waals surface area contributed by atoms with Crippen LogP contribution in [0.1, 0.15) is 20.3 Å². The molecule has 17 nitrogen and oxygen atoms in total. The molecule has 0 bridgehead atoms. The Morgan fingerprint density at radius 2 is 1.77 bits per heavy atom. The molecule has 0 unspecified atom stereocenters. The van der Waals surface area contributed by atoms with Crippen LogP contribution >= 0.6 is 11.3 Å². The van der Waals surface area contributed by atoms with Crippen LogP contribution in [0.4, 0.5) is 23.0 Å². The van der Waals surface area contributed by atoms with Crippen LogP contribution in [0, 0.1) is 0 Å². The molecule has 0 atom stereocenters. The van der Waals surface area contributed by atoms with Gasteiger partial charge in [-0.05, 0) is 12.1 Å². The predicted molar refractivity (Wildman–Crippen MR) is 152 cm³/mol. The van der Waals surface area contributed by atoms with Crippen molar-refractivity contribution < 1.29 is 39.1 Å². The lowest BCUT2D eigenvalue weighted by Crippen LogP contribution is -2.48. The van der Waals surface area contributed by atoms with Gasteiger partial charge in [0, 0.05) is 30.7 Å². The van der Waals surface area contributed by atoms with Gasteiger partial charge in [-0.15, -0.1) is 21.5 Å². The second-order valence-corrected chi connectivity index (χ2v) is 9.31. The summed E-state index contributed by atoms with van der Waals surface area (Å²) in [6.45, 7) is 0.685. The highest BCUT2D eigenvalue weighted by Gasteiger charge is 2.26. The number of carbonyl (C=O) groups is 2. The van der Waals surface area contributed by atoms with Crippen molar-refractivity contribution in [1.82, 2.24) is 35.8 Å². The van der Waals surface area contributed by atoms with Crippen LogP contribution in [0.15, 0.2) is 42.0 Å². The minimum atomic E-state index is -3.51. The smallest absolute Gasteiger partial charge is 0.369 e. The lowest BCUT2D eigenvalue weighted by Gasteiger charge is -2.18. The number of anilines is 4. The molecule has 18 heteroatoms. The first-order valence-electron chi connectivity index (χ1n) is 12.3. The van der Waals surface area contributed by atoms with Gasteiger partial charge in [-0.2, -0.15) is 0 Å². The Bertz CT molecular complexity index is 1580. The fourth-order valence-electron chi connectivity index (χ4n) is 3.59. The highest BCUT2D eigenvalue weighted by Crippen LogP contribution is 2.39. The van der Waals surface area contributed by atoms with E-state index in [4.69, 9.17) is 14.2 Å². The fourth-order valence-corrected chi connectivity index (χ4v) is 4.32. The number of aromatic nitrogens is 5. The van der Waals surface area contributed by atoms with Gasteiger partial charge in [0.2, 0.25) is 5.88 Å². The molecule has 3 aromatic heterocycles. The molecule has 0 saturated carbocycles. The first-order valence-corrected chi connectivity index (χ1v) is 13.2. The maximum absolute atomic E-state index is 12.7. The molecule has 7 N–H and O–H groups in total. The third kappa shape index (κ3) is 8.05. The van der Waals surface area contributed by atoms with Crippen LogP contribution in [0.5, 0.6) is 11.6 Å². The average molecular weight is 614 g/mol. The van der Waals surface area contributed by atoms with Gasteiger partial charge in [-0.25, -0.2) is 15.0 Å². The highest BCUT2D eigenvalue weighted by molar-refractivity contribution is 7.12. The number of ether oxygens (including phenoxy) is 3. The molecule has 226 valence electrons. The Morgan fingerprint density at radius 1 is 0.953 bits per heavy atom. The van der Waals surface area contributed by atoms with Crippen molar-refractivity contribution in [3.63, 3.8) is 0 Å². The van der Waals surface area contributed by atoms with Gasteiger partial charge in [-0.1, -0.05) is 6.07 Å². The summed E-state index contributed by atoms with van der Waals surface area (Å²) in [6, 6.07) is 6.46. The molecule has 0 spiro atoms. The number of rotatable bonds is 13. The molecule has 0 aliphatic carbocycles. The maximum atomic E-state index is 12.7. The molecule has 4 rings (SSSR count). The van der Waals surface area contributed by atoms with Crippen LogP contribution in [0.3, 0.4) is 0 Å². The van der Waals surface area contributed by atoms with Gasteiger partial charge in [0.1, 0.15) is 5.82 Å². The quantitative estimate of drug-likeness (QED) is 0.0807. The van der Waals surface area contributed by atoms with Crippen molar-refractivity contribution in [1.29, 1.82) is 0 Å². The molecule has 0 saturated heterocycles. The summed E-state index contributed by atoms with van der Waals surface area (Å²) in [5.41, 5.74) is 0.940. The molecule has 0 aliphatic rings. The molecule has 0 aliphatic heterocycles. The van der Waals surface area contributed by atoms with Crippen LogP contribution in [0.25, 0.3) is 11.3 Å². The predicted octanol–water partition coefficient (Wildman–Crippen LogP) is 0.589. The van der Waals surface area contributed by atoms with Crippen molar-refractivity contribution in [2.75, 3.05) is 45.1 Å². The first-order chi connectivity index (χ1) is 20.6. The standard InChI is InChI=1S/C25H27N9O8S/c1-40-8-7-26-23(36)24-30-16(12-43-24)13-5-4-6-14(21(13)42-3)29-15-9-17(31-18-10-28-19(41-2)11-27-18)33-34-20(15)22(35)32-25(37,38)39/h4-6,9-12,37-39H,7-8H2,1-3H3,(H,26,36)(H,32,35)(H2,27,29,31,33). The summed E-state index contributed by atoms with van der Waals surface area (Å²) in [5, 5.41) is 47.8. The minimum Gasteiger partial charge on any atom is -0.494 e. The molecular weight excluding hydrogens is 586 g/mol. The molecule has 1 aromatic carbocycles. The van der Waals surface area contributed by atoms with Gasteiger partial charge in [-0.3, -0.25) is 14.9 Å². The van der Waals surface area contributed by atoms with Crippen LogP contribution in [-0.2, 0) is 4.74 Å². The molecule has 3 heterocycles. The number of hydrogen-bond donors (Lipinski definition) is 7. The van der Waals surface area contributed by atoms with Crippen molar-refractivity contribution in [2.45, 2.75) is 6.10 Å². The summed E-state index contributed by atoms with van der Waals surface area (Å²) in [4.78, 5) is 37.8. The summed E-state index contributed by atoms with van der Waals surface area (Å²) in [6.07, 6.45) is -0.747. The second kappa shape index (κ2) is 13.8. The SMILES string of the molecule is COCCNC(=O)c1nc(-c2cccc(Nc3cc(Nc4cnc(OC)cn4)nnc3C(=O)NC(O)(O)O)c2OC)cs1. The number of aliphatic hydroxyl groups is 3. The van der Waals surface area contributed by atoms with E-state index in [1.807, 2.05) is 0 Å². The zero-order chi connectivity index (χ0) is 31.0. The van der Waals surface area contributed by atoms with E-state index in [2.05, 4.69) is 41.1 Å². The Hall–Kier alpha value is -5.01. The number of amides is 2.